The van der Waals surface area contributed by atoms with Gasteiger partial charge in [-0.05, 0) is 49.2 Å². The number of carbonyl (C=O) groups is 1. The standard InChI is InChI=1S/C22H26N4O3/c27-20(10-11-21-24-22(25-29-21)19-9-6-14-28-19)23-15-17-7-2-3-8-18(17)16-26-12-4-1-5-13-26/h2-3,6-9,14H,1,4-5,10-13,15-16H2,(H,23,27). The van der Waals surface area contributed by atoms with Crippen LogP contribution in [-0.2, 0) is 24.3 Å². The lowest BCUT2D eigenvalue weighted by molar-refractivity contribution is -0.121. The first-order valence-electron chi connectivity index (χ1n) is 10.2. The second-order valence-electron chi connectivity index (χ2n) is 7.37. The first-order valence-corrected chi connectivity index (χ1v) is 10.2. The summed E-state index contributed by atoms with van der Waals surface area (Å²) in [4.78, 5) is 19.1. The summed E-state index contributed by atoms with van der Waals surface area (Å²) in [5.74, 6) is 1.35. The molecule has 1 aromatic carbocycles. The molecule has 1 aliphatic heterocycles. The highest BCUT2D eigenvalue weighted by Crippen LogP contribution is 2.17. The third-order valence-corrected chi connectivity index (χ3v) is 5.21. The Morgan fingerprint density at radius 2 is 1.90 bits per heavy atom. The number of carbonyl (C=O) groups excluding carboxylic acids is 1. The highest BCUT2D eigenvalue weighted by molar-refractivity contribution is 5.76. The molecule has 1 amide bonds. The lowest BCUT2D eigenvalue weighted by Crippen LogP contribution is -2.30. The number of nitrogens with one attached hydrogen (secondary N) is 1. The quantitative estimate of drug-likeness (QED) is 0.629. The zero-order valence-corrected chi connectivity index (χ0v) is 16.5. The van der Waals surface area contributed by atoms with Crippen molar-refractivity contribution in [1.29, 1.82) is 0 Å². The highest BCUT2D eigenvalue weighted by Gasteiger charge is 2.14. The van der Waals surface area contributed by atoms with Gasteiger partial charge in [-0.25, -0.2) is 0 Å². The fourth-order valence-electron chi connectivity index (χ4n) is 3.61. The van der Waals surface area contributed by atoms with Crippen LogP contribution in [0.1, 0.15) is 42.7 Å². The number of likely N-dealkylation sites (tertiary alicyclic amines) is 1. The fourth-order valence-corrected chi connectivity index (χ4v) is 3.61. The molecule has 0 unspecified atom stereocenters. The van der Waals surface area contributed by atoms with E-state index < -0.39 is 0 Å². The van der Waals surface area contributed by atoms with Crippen molar-refractivity contribution in [3.8, 4) is 11.6 Å². The van der Waals surface area contributed by atoms with Crippen molar-refractivity contribution in [1.82, 2.24) is 20.4 Å². The van der Waals surface area contributed by atoms with Gasteiger partial charge in [-0.1, -0.05) is 35.8 Å². The predicted octanol–water partition coefficient (Wildman–Crippen LogP) is 3.56. The van der Waals surface area contributed by atoms with Crippen LogP contribution < -0.4 is 5.32 Å². The second-order valence-corrected chi connectivity index (χ2v) is 7.37. The molecular formula is C22H26N4O3. The van der Waals surface area contributed by atoms with Gasteiger partial charge in [-0.3, -0.25) is 9.69 Å². The van der Waals surface area contributed by atoms with E-state index in [4.69, 9.17) is 8.94 Å². The Kier molecular flexibility index (Phi) is 6.36. The van der Waals surface area contributed by atoms with Gasteiger partial charge in [0.05, 0.1) is 6.26 Å². The fraction of sp³-hybridized carbons (Fsp3) is 0.409. The number of rotatable bonds is 8. The average molecular weight is 394 g/mol. The molecule has 1 saturated heterocycles. The van der Waals surface area contributed by atoms with Gasteiger partial charge in [0.2, 0.25) is 17.6 Å². The van der Waals surface area contributed by atoms with E-state index in [1.165, 1.54) is 30.4 Å². The Morgan fingerprint density at radius 3 is 2.69 bits per heavy atom. The Bertz CT molecular complexity index is 914. The maximum atomic E-state index is 12.3. The lowest BCUT2D eigenvalue weighted by atomic mass is 10.0. The normalized spacial score (nSPS) is 14.8. The summed E-state index contributed by atoms with van der Waals surface area (Å²) in [7, 11) is 0. The Morgan fingerprint density at radius 1 is 1.07 bits per heavy atom. The van der Waals surface area contributed by atoms with E-state index >= 15 is 0 Å². The minimum absolute atomic E-state index is 0.0319. The lowest BCUT2D eigenvalue weighted by Gasteiger charge is -2.27. The molecule has 152 valence electrons. The summed E-state index contributed by atoms with van der Waals surface area (Å²) < 4.78 is 10.4. The largest absolute Gasteiger partial charge is 0.461 e. The molecule has 7 heteroatoms. The minimum atomic E-state index is -0.0319. The monoisotopic (exact) mass is 394 g/mol. The molecular weight excluding hydrogens is 368 g/mol. The summed E-state index contributed by atoms with van der Waals surface area (Å²) in [6.07, 6.45) is 6.13. The van der Waals surface area contributed by atoms with Gasteiger partial charge in [0.15, 0.2) is 5.76 Å². The maximum Gasteiger partial charge on any atom is 0.238 e. The van der Waals surface area contributed by atoms with Crippen LogP contribution in [0.4, 0.5) is 0 Å². The predicted molar refractivity (Wildman–Crippen MR) is 108 cm³/mol. The van der Waals surface area contributed by atoms with E-state index in [1.54, 1.807) is 18.4 Å². The Hall–Kier alpha value is -2.93. The van der Waals surface area contributed by atoms with E-state index in [0.717, 1.165) is 19.6 Å². The van der Waals surface area contributed by atoms with Crippen LogP contribution in [0.25, 0.3) is 11.6 Å². The number of aromatic nitrogens is 2. The van der Waals surface area contributed by atoms with Gasteiger partial charge in [0.1, 0.15) is 0 Å². The van der Waals surface area contributed by atoms with Crippen molar-refractivity contribution in [3.63, 3.8) is 0 Å². The van der Waals surface area contributed by atoms with Crippen LogP contribution in [0.5, 0.6) is 0 Å². The van der Waals surface area contributed by atoms with Crippen molar-refractivity contribution in [2.75, 3.05) is 13.1 Å². The number of nitrogens with zero attached hydrogens (tertiary/aromatic N) is 3. The van der Waals surface area contributed by atoms with E-state index in [2.05, 4.69) is 38.6 Å². The minimum Gasteiger partial charge on any atom is -0.461 e. The smallest absolute Gasteiger partial charge is 0.238 e. The molecule has 0 atom stereocenters. The molecule has 0 spiro atoms. The highest BCUT2D eigenvalue weighted by atomic mass is 16.5. The molecule has 0 bridgehead atoms. The maximum absolute atomic E-state index is 12.3. The van der Waals surface area contributed by atoms with E-state index in [0.29, 0.717) is 36.9 Å². The number of hydrogen-bond donors (Lipinski definition) is 1. The third kappa shape index (κ3) is 5.32. The second kappa shape index (κ2) is 9.52. The molecule has 2 aromatic heterocycles. The van der Waals surface area contributed by atoms with Crippen molar-refractivity contribution < 1.29 is 13.7 Å². The number of hydrogen-bond acceptors (Lipinski definition) is 6. The average Bonchev–Trinajstić information content (AvgIpc) is 3.44. The van der Waals surface area contributed by atoms with Crippen LogP contribution in [0, 0.1) is 0 Å². The SMILES string of the molecule is O=C(CCc1nc(-c2ccco2)no1)NCc1ccccc1CN1CCCCC1. The molecule has 1 aliphatic rings. The molecule has 3 heterocycles. The number of piperidine rings is 1. The van der Waals surface area contributed by atoms with Gasteiger partial charge in [0.25, 0.3) is 0 Å². The van der Waals surface area contributed by atoms with Gasteiger partial charge < -0.3 is 14.3 Å². The van der Waals surface area contributed by atoms with Crippen LogP contribution >= 0.6 is 0 Å². The molecule has 1 N–H and O–H groups in total. The molecule has 0 radical (unpaired) electrons. The van der Waals surface area contributed by atoms with E-state index in [9.17, 15) is 4.79 Å². The first-order chi connectivity index (χ1) is 14.3. The van der Waals surface area contributed by atoms with Gasteiger partial charge in [-0.15, -0.1) is 0 Å². The summed E-state index contributed by atoms with van der Waals surface area (Å²) >= 11 is 0. The van der Waals surface area contributed by atoms with Gasteiger partial charge in [0, 0.05) is 25.9 Å². The Labute approximate surface area is 170 Å². The molecule has 7 nitrogen and oxygen atoms in total. The van der Waals surface area contributed by atoms with Crippen molar-refractivity contribution in [2.45, 2.75) is 45.2 Å². The summed E-state index contributed by atoms with van der Waals surface area (Å²) in [6.45, 7) is 3.80. The Balaban J connectivity index is 1.26. The third-order valence-electron chi connectivity index (χ3n) is 5.21. The summed E-state index contributed by atoms with van der Waals surface area (Å²) in [5.41, 5.74) is 2.46. The number of amides is 1. The van der Waals surface area contributed by atoms with Crippen LogP contribution in [0.3, 0.4) is 0 Å². The number of benzene rings is 1. The summed E-state index contributed by atoms with van der Waals surface area (Å²) in [5, 5.41) is 6.90. The van der Waals surface area contributed by atoms with E-state index in [-0.39, 0.29) is 5.91 Å². The van der Waals surface area contributed by atoms with E-state index in [1.807, 2.05) is 6.07 Å². The van der Waals surface area contributed by atoms with Gasteiger partial charge in [-0.2, -0.15) is 4.98 Å². The zero-order valence-electron chi connectivity index (χ0n) is 16.5. The van der Waals surface area contributed by atoms with Crippen LogP contribution in [0.15, 0.2) is 51.6 Å². The van der Waals surface area contributed by atoms with Crippen molar-refractivity contribution >= 4 is 5.91 Å². The van der Waals surface area contributed by atoms with Crippen molar-refractivity contribution in [3.05, 3.63) is 59.7 Å². The zero-order chi connectivity index (χ0) is 19.9. The summed E-state index contributed by atoms with van der Waals surface area (Å²) in [6, 6.07) is 11.9. The topological polar surface area (TPSA) is 84.4 Å². The van der Waals surface area contributed by atoms with Gasteiger partial charge >= 0.3 is 0 Å². The molecule has 3 aromatic rings. The van der Waals surface area contributed by atoms with Crippen LogP contribution in [0.2, 0.25) is 0 Å². The van der Waals surface area contributed by atoms with Crippen LogP contribution in [-0.4, -0.2) is 34.0 Å². The number of furan rings is 1. The first kappa shape index (κ1) is 19.4. The molecule has 29 heavy (non-hydrogen) atoms. The van der Waals surface area contributed by atoms with Crippen molar-refractivity contribution in [2.24, 2.45) is 0 Å². The molecule has 0 aliphatic carbocycles. The molecule has 1 fully saturated rings. The number of aryl methyl sites for hydroxylation is 1. The molecule has 4 rings (SSSR count). The molecule has 0 saturated carbocycles.